The molecule has 9 heteroatoms. The van der Waals surface area contributed by atoms with E-state index >= 15 is 0 Å². The molecule has 138 valence electrons. The molecular formula is C17H20N4O5. The van der Waals surface area contributed by atoms with Crippen LogP contribution in [-0.4, -0.2) is 59.3 Å². The topological polar surface area (TPSA) is 104 Å². The van der Waals surface area contributed by atoms with Crippen LogP contribution in [0.2, 0.25) is 0 Å². The summed E-state index contributed by atoms with van der Waals surface area (Å²) in [6.07, 6.45) is 0.0152. The number of nitrogens with zero attached hydrogens (tertiary/aromatic N) is 4. The molecule has 0 radical (unpaired) electrons. The molecule has 3 rings (SSSR count). The van der Waals surface area contributed by atoms with Gasteiger partial charge in [0.15, 0.2) is 5.41 Å². The molecule has 1 fully saturated rings. The number of non-ortho nitro benzene ring substituents is 1. The minimum atomic E-state index is -1.49. The van der Waals surface area contributed by atoms with Crippen LogP contribution in [0.5, 0.6) is 0 Å². The molecule has 1 spiro atoms. The number of anilines is 1. The van der Waals surface area contributed by atoms with Crippen LogP contribution in [-0.2, 0) is 16.0 Å². The lowest BCUT2D eigenvalue weighted by molar-refractivity contribution is -0.384. The van der Waals surface area contributed by atoms with E-state index in [4.69, 9.17) is 0 Å². The van der Waals surface area contributed by atoms with E-state index in [1.807, 2.05) is 11.8 Å². The molecule has 1 atom stereocenters. The summed E-state index contributed by atoms with van der Waals surface area (Å²) in [5.74, 6) is -1.15. The van der Waals surface area contributed by atoms with Crippen molar-refractivity contribution in [2.24, 2.45) is 5.41 Å². The lowest BCUT2D eigenvalue weighted by Gasteiger charge is -2.51. The molecule has 26 heavy (non-hydrogen) atoms. The highest BCUT2D eigenvalue weighted by Gasteiger charge is 2.61. The first-order valence-corrected chi connectivity index (χ1v) is 8.31. The number of hydrogen-bond donors (Lipinski definition) is 0. The molecule has 1 saturated heterocycles. The van der Waals surface area contributed by atoms with Crippen LogP contribution in [0.4, 0.5) is 16.2 Å². The van der Waals surface area contributed by atoms with Gasteiger partial charge in [-0.05, 0) is 25.5 Å². The van der Waals surface area contributed by atoms with Crippen LogP contribution in [0.25, 0.3) is 0 Å². The Morgan fingerprint density at radius 3 is 2.27 bits per heavy atom. The number of nitro groups is 1. The summed E-state index contributed by atoms with van der Waals surface area (Å²) in [5, 5.41) is 11.1. The SMILES string of the molecule is CCN1c2ccc([N+](=O)[O-])cc2CC2(C(=O)N(C)C(=O)N(C)C2=O)[C@H]1C. The summed E-state index contributed by atoms with van der Waals surface area (Å²) in [6, 6.07) is 3.29. The summed E-state index contributed by atoms with van der Waals surface area (Å²) in [7, 11) is 2.70. The molecule has 0 bridgehead atoms. The molecule has 4 amide bonds. The van der Waals surface area contributed by atoms with Crippen molar-refractivity contribution in [1.29, 1.82) is 0 Å². The number of benzene rings is 1. The zero-order chi connectivity index (χ0) is 19.4. The highest BCUT2D eigenvalue weighted by molar-refractivity contribution is 6.20. The normalized spacial score (nSPS) is 22.1. The second-order valence-electron chi connectivity index (χ2n) is 6.69. The number of carbonyl (C=O) groups excluding carboxylic acids is 3. The molecule has 0 saturated carbocycles. The minimum Gasteiger partial charge on any atom is -0.367 e. The molecule has 1 aromatic carbocycles. The molecule has 2 aliphatic rings. The number of urea groups is 1. The van der Waals surface area contributed by atoms with Crippen molar-refractivity contribution in [1.82, 2.24) is 9.80 Å². The third-order valence-corrected chi connectivity index (χ3v) is 5.52. The van der Waals surface area contributed by atoms with Crippen molar-refractivity contribution < 1.29 is 19.3 Å². The Bertz CT molecular complexity index is 812. The fraction of sp³-hybridized carbons (Fsp3) is 0.471. The van der Waals surface area contributed by atoms with E-state index in [-0.39, 0.29) is 12.1 Å². The van der Waals surface area contributed by atoms with E-state index in [1.165, 1.54) is 26.2 Å². The average molecular weight is 360 g/mol. The molecule has 2 heterocycles. The van der Waals surface area contributed by atoms with Crippen molar-refractivity contribution >= 4 is 29.2 Å². The molecule has 0 unspecified atom stereocenters. The number of rotatable bonds is 2. The molecule has 9 nitrogen and oxygen atoms in total. The third kappa shape index (κ3) is 2.12. The van der Waals surface area contributed by atoms with Gasteiger partial charge < -0.3 is 4.90 Å². The Morgan fingerprint density at radius 2 is 1.77 bits per heavy atom. The maximum Gasteiger partial charge on any atom is 0.332 e. The zero-order valence-corrected chi connectivity index (χ0v) is 15.1. The zero-order valence-electron chi connectivity index (χ0n) is 15.1. The Morgan fingerprint density at radius 1 is 1.19 bits per heavy atom. The van der Waals surface area contributed by atoms with Gasteiger partial charge in [0.25, 0.3) is 5.69 Å². The van der Waals surface area contributed by atoms with Gasteiger partial charge in [0.05, 0.1) is 4.92 Å². The first kappa shape index (κ1) is 17.8. The van der Waals surface area contributed by atoms with Crippen LogP contribution < -0.4 is 4.90 Å². The maximum absolute atomic E-state index is 13.1. The molecular weight excluding hydrogens is 340 g/mol. The second kappa shape index (κ2) is 5.79. The first-order chi connectivity index (χ1) is 12.2. The number of amides is 4. The van der Waals surface area contributed by atoms with Crippen LogP contribution in [0.1, 0.15) is 19.4 Å². The summed E-state index contributed by atoms with van der Waals surface area (Å²) < 4.78 is 0. The number of imide groups is 2. The number of nitro benzene ring substituents is 1. The van der Waals surface area contributed by atoms with E-state index in [9.17, 15) is 24.5 Å². The molecule has 0 aliphatic carbocycles. The van der Waals surface area contributed by atoms with Crippen molar-refractivity contribution in [2.75, 3.05) is 25.5 Å². The first-order valence-electron chi connectivity index (χ1n) is 8.31. The predicted molar refractivity (Wildman–Crippen MR) is 92.7 cm³/mol. The van der Waals surface area contributed by atoms with Crippen LogP contribution >= 0.6 is 0 Å². The van der Waals surface area contributed by atoms with E-state index in [0.717, 1.165) is 15.5 Å². The number of carbonyl (C=O) groups is 3. The van der Waals surface area contributed by atoms with Gasteiger partial charge in [0.2, 0.25) is 11.8 Å². The highest BCUT2D eigenvalue weighted by Crippen LogP contribution is 2.46. The Balaban J connectivity index is 2.22. The van der Waals surface area contributed by atoms with Crippen molar-refractivity contribution in [2.45, 2.75) is 26.3 Å². The summed E-state index contributed by atoms with van der Waals surface area (Å²) in [6.45, 7) is 4.17. The van der Waals surface area contributed by atoms with E-state index in [0.29, 0.717) is 12.1 Å². The van der Waals surface area contributed by atoms with E-state index < -0.39 is 34.2 Å². The monoisotopic (exact) mass is 360 g/mol. The Hall–Kier alpha value is -2.97. The van der Waals surface area contributed by atoms with Gasteiger partial charge >= 0.3 is 6.03 Å². The average Bonchev–Trinajstić information content (AvgIpc) is 2.63. The van der Waals surface area contributed by atoms with Gasteiger partial charge in [0.1, 0.15) is 0 Å². The summed E-state index contributed by atoms with van der Waals surface area (Å²) >= 11 is 0. The van der Waals surface area contributed by atoms with Gasteiger partial charge in [-0.1, -0.05) is 0 Å². The fourth-order valence-corrected chi connectivity index (χ4v) is 4.07. The quantitative estimate of drug-likeness (QED) is 0.449. The second-order valence-corrected chi connectivity index (χ2v) is 6.69. The van der Waals surface area contributed by atoms with Crippen LogP contribution in [0.15, 0.2) is 18.2 Å². The largest absolute Gasteiger partial charge is 0.367 e. The molecule has 0 aromatic heterocycles. The number of fused-ring (bicyclic) bond motifs is 1. The lowest BCUT2D eigenvalue weighted by atomic mass is 9.68. The standard InChI is InChI=1S/C17H20N4O5/c1-5-20-10(2)17(14(22)18(3)16(24)19(4)15(17)23)9-11-8-12(21(25)26)6-7-13(11)20/h6-8,10H,5,9H2,1-4H3/t10-/m1/s1. The van der Waals surface area contributed by atoms with Gasteiger partial charge in [-0.2, -0.15) is 0 Å². The van der Waals surface area contributed by atoms with E-state index in [2.05, 4.69) is 0 Å². The van der Waals surface area contributed by atoms with Gasteiger partial charge in [-0.15, -0.1) is 0 Å². The van der Waals surface area contributed by atoms with Gasteiger partial charge in [-0.25, -0.2) is 4.79 Å². The van der Waals surface area contributed by atoms with Gasteiger partial charge in [-0.3, -0.25) is 29.5 Å². The smallest absolute Gasteiger partial charge is 0.332 e. The number of hydrogen-bond acceptors (Lipinski definition) is 6. The Labute approximate surface area is 150 Å². The maximum atomic E-state index is 13.1. The highest BCUT2D eigenvalue weighted by atomic mass is 16.6. The number of barbiturate groups is 1. The van der Waals surface area contributed by atoms with Crippen LogP contribution in [0, 0.1) is 15.5 Å². The van der Waals surface area contributed by atoms with Crippen molar-refractivity contribution in [3.63, 3.8) is 0 Å². The minimum absolute atomic E-state index is 0.0152. The molecule has 2 aliphatic heterocycles. The van der Waals surface area contributed by atoms with E-state index in [1.54, 1.807) is 13.0 Å². The van der Waals surface area contributed by atoms with Crippen LogP contribution in [0.3, 0.4) is 0 Å². The molecule has 0 N–H and O–H groups in total. The Kier molecular flexibility index (Phi) is 3.97. The van der Waals surface area contributed by atoms with Crippen molar-refractivity contribution in [3.05, 3.63) is 33.9 Å². The third-order valence-electron chi connectivity index (χ3n) is 5.52. The van der Waals surface area contributed by atoms with Crippen molar-refractivity contribution in [3.8, 4) is 0 Å². The summed E-state index contributed by atoms with van der Waals surface area (Å²) in [4.78, 5) is 52.7. The predicted octanol–water partition coefficient (Wildman–Crippen LogP) is 1.40. The molecule has 1 aromatic rings. The fourth-order valence-electron chi connectivity index (χ4n) is 4.07. The summed E-state index contributed by atoms with van der Waals surface area (Å²) in [5.41, 5.74) is -0.274. The van der Waals surface area contributed by atoms with Gasteiger partial charge in [0, 0.05) is 50.9 Å². The lowest BCUT2D eigenvalue weighted by Crippen LogP contribution is -2.70.